The zero-order chi connectivity index (χ0) is 14.7. The molecule has 2 saturated heterocycles. The lowest BCUT2D eigenvalue weighted by atomic mass is 9.78. The minimum atomic E-state index is 0.340. The summed E-state index contributed by atoms with van der Waals surface area (Å²) in [6.07, 6.45) is 9.84. The van der Waals surface area contributed by atoms with Crippen molar-refractivity contribution < 1.29 is 4.79 Å². The monoisotopic (exact) mass is 292 g/mol. The number of carbonyl (C=O) groups excluding carboxylic acids is 1. The number of nitrogens with zero attached hydrogens (tertiary/aromatic N) is 2. The first-order chi connectivity index (χ1) is 10.3. The lowest BCUT2D eigenvalue weighted by Gasteiger charge is -2.31. The Kier molecular flexibility index (Phi) is 5.33. The van der Waals surface area contributed by atoms with Gasteiger partial charge in [-0.15, -0.1) is 0 Å². The SMILES string of the molecule is CCCC1CCC(=O)C(CN2CCC(N3CCCC3)C2)C1. The zero-order valence-corrected chi connectivity index (χ0v) is 13.7. The molecule has 0 aromatic heterocycles. The van der Waals surface area contributed by atoms with Crippen LogP contribution < -0.4 is 0 Å². The van der Waals surface area contributed by atoms with Crippen LogP contribution in [0.3, 0.4) is 0 Å². The number of carbonyl (C=O) groups is 1. The molecule has 1 aliphatic carbocycles. The summed E-state index contributed by atoms with van der Waals surface area (Å²) in [5.74, 6) is 1.70. The van der Waals surface area contributed by atoms with E-state index in [1.807, 2.05) is 0 Å². The Morgan fingerprint density at radius 2 is 1.95 bits per heavy atom. The molecule has 0 aromatic carbocycles. The average molecular weight is 292 g/mol. The Morgan fingerprint density at radius 3 is 2.71 bits per heavy atom. The Balaban J connectivity index is 1.48. The van der Waals surface area contributed by atoms with Crippen LogP contribution in [-0.2, 0) is 4.79 Å². The minimum absolute atomic E-state index is 0.340. The molecule has 21 heavy (non-hydrogen) atoms. The molecule has 0 bridgehead atoms. The van der Waals surface area contributed by atoms with E-state index in [0.29, 0.717) is 11.7 Å². The molecule has 1 saturated carbocycles. The van der Waals surface area contributed by atoms with Gasteiger partial charge in [0.05, 0.1) is 0 Å². The molecule has 120 valence electrons. The fourth-order valence-electron chi connectivity index (χ4n) is 4.74. The standard InChI is InChI=1S/C18H32N2O/c1-2-5-15-6-7-18(21)16(12-15)13-19-11-8-17(14-19)20-9-3-4-10-20/h15-17H,2-14H2,1H3. The van der Waals surface area contributed by atoms with Crippen molar-refractivity contribution in [3.8, 4) is 0 Å². The second-order valence-electron chi connectivity index (χ2n) is 7.54. The van der Waals surface area contributed by atoms with E-state index in [0.717, 1.165) is 37.8 Å². The highest BCUT2D eigenvalue weighted by molar-refractivity contribution is 5.81. The lowest BCUT2D eigenvalue weighted by molar-refractivity contribution is -0.126. The third kappa shape index (κ3) is 3.87. The van der Waals surface area contributed by atoms with Crippen molar-refractivity contribution in [1.29, 1.82) is 0 Å². The van der Waals surface area contributed by atoms with Gasteiger partial charge in [-0.1, -0.05) is 19.8 Å². The largest absolute Gasteiger partial charge is 0.301 e. The van der Waals surface area contributed by atoms with Gasteiger partial charge in [0.1, 0.15) is 5.78 Å². The fraction of sp³-hybridized carbons (Fsp3) is 0.944. The van der Waals surface area contributed by atoms with Gasteiger partial charge >= 0.3 is 0 Å². The van der Waals surface area contributed by atoms with Gasteiger partial charge in [0.2, 0.25) is 0 Å². The Bertz CT molecular complexity index is 351. The van der Waals surface area contributed by atoms with Gasteiger partial charge in [-0.05, 0) is 57.7 Å². The van der Waals surface area contributed by atoms with E-state index in [2.05, 4.69) is 16.7 Å². The topological polar surface area (TPSA) is 23.6 Å². The first kappa shape index (κ1) is 15.5. The van der Waals surface area contributed by atoms with E-state index >= 15 is 0 Å². The smallest absolute Gasteiger partial charge is 0.137 e. The zero-order valence-electron chi connectivity index (χ0n) is 13.7. The second-order valence-corrected chi connectivity index (χ2v) is 7.54. The van der Waals surface area contributed by atoms with Crippen molar-refractivity contribution in [2.45, 2.75) is 64.3 Å². The van der Waals surface area contributed by atoms with Crippen LogP contribution >= 0.6 is 0 Å². The third-order valence-corrected chi connectivity index (χ3v) is 5.95. The molecule has 3 rings (SSSR count). The number of rotatable bonds is 5. The second kappa shape index (κ2) is 7.23. The van der Waals surface area contributed by atoms with Crippen molar-refractivity contribution in [2.24, 2.45) is 11.8 Å². The molecule has 3 heteroatoms. The van der Waals surface area contributed by atoms with Gasteiger partial charge in [-0.2, -0.15) is 0 Å². The summed E-state index contributed by atoms with van der Waals surface area (Å²) < 4.78 is 0. The average Bonchev–Trinajstić information content (AvgIpc) is 3.13. The van der Waals surface area contributed by atoms with Crippen molar-refractivity contribution >= 4 is 5.78 Å². The first-order valence-corrected chi connectivity index (χ1v) is 9.25. The molecule has 0 N–H and O–H groups in total. The van der Waals surface area contributed by atoms with E-state index < -0.39 is 0 Å². The van der Waals surface area contributed by atoms with Gasteiger partial charge in [0.25, 0.3) is 0 Å². The van der Waals surface area contributed by atoms with Crippen LogP contribution in [0.2, 0.25) is 0 Å². The molecule has 3 fully saturated rings. The number of likely N-dealkylation sites (tertiary alicyclic amines) is 2. The van der Waals surface area contributed by atoms with Gasteiger partial charge in [-0.3, -0.25) is 9.69 Å². The first-order valence-electron chi connectivity index (χ1n) is 9.25. The number of ketones is 1. The fourth-order valence-corrected chi connectivity index (χ4v) is 4.74. The highest BCUT2D eigenvalue weighted by Gasteiger charge is 2.34. The van der Waals surface area contributed by atoms with Gasteiger partial charge in [0, 0.05) is 31.5 Å². The summed E-state index contributed by atoms with van der Waals surface area (Å²) in [5, 5.41) is 0. The van der Waals surface area contributed by atoms with Crippen molar-refractivity contribution in [1.82, 2.24) is 9.80 Å². The Morgan fingerprint density at radius 1 is 1.14 bits per heavy atom. The lowest BCUT2D eigenvalue weighted by Crippen LogP contribution is -2.39. The molecule has 0 aromatic rings. The quantitative estimate of drug-likeness (QED) is 0.778. The summed E-state index contributed by atoms with van der Waals surface area (Å²) in [6.45, 7) is 8.35. The Labute approximate surface area is 130 Å². The van der Waals surface area contributed by atoms with Crippen LogP contribution in [0.4, 0.5) is 0 Å². The maximum atomic E-state index is 12.2. The van der Waals surface area contributed by atoms with E-state index in [1.165, 1.54) is 58.3 Å². The summed E-state index contributed by atoms with van der Waals surface area (Å²) in [4.78, 5) is 17.5. The van der Waals surface area contributed by atoms with Crippen LogP contribution in [0.5, 0.6) is 0 Å². The van der Waals surface area contributed by atoms with Crippen LogP contribution in [0, 0.1) is 11.8 Å². The highest BCUT2D eigenvalue weighted by atomic mass is 16.1. The molecule has 0 spiro atoms. The molecule has 2 heterocycles. The van der Waals surface area contributed by atoms with Gasteiger partial charge in [0.15, 0.2) is 0 Å². The minimum Gasteiger partial charge on any atom is -0.301 e. The molecular weight excluding hydrogens is 260 g/mol. The van der Waals surface area contributed by atoms with Crippen molar-refractivity contribution in [3.05, 3.63) is 0 Å². The van der Waals surface area contributed by atoms with Crippen LogP contribution in [0.1, 0.15) is 58.3 Å². The maximum Gasteiger partial charge on any atom is 0.137 e. The summed E-state index contributed by atoms with van der Waals surface area (Å²) in [6, 6.07) is 0.776. The molecule has 3 nitrogen and oxygen atoms in total. The van der Waals surface area contributed by atoms with Crippen LogP contribution in [-0.4, -0.2) is 54.3 Å². The number of hydrogen-bond acceptors (Lipinski definition) is 3. The highest BCUT2D eigenvalue weighted by Crippen LogP contribution is 2.31. The molecular formula is C18H32N2O. The molecule has 0 amide bonds. The normalized spacial score (nSPS) is 35.7. The molecule has 2 aliphatic heterocycles. The summed E-state index contributed by atoms with van der Waals surface area (Å²) in [5.41, 5.74) is 0. The van der Waals surface area contributed by atoms with Crippen LogP contribution in [0.25, 0.3) is 0 Å². The van der Waals surface area contributed by atoms with E-state index in [-0.39, 0.29) is 0 Å². The van der Waals surface area contributed by atoms with E-state index in [4.69, 9.17) is 0 Å². The third-order valence-electron chi connectivity index (χ3n) is 5.95. The van der Waals surface area contributed by atoms with E-state index in [9.17, 15) is 4.79 Å². The summed E-state index contributed by atoms with van der Waals surface area (Å²) >= 11 is 0. The Hall–Kier alpha value is -0.410. The van der Waals surface area contributed by atoms with Crippen LogP contribution in [0.15, 0.2) is 0 Å². The predicted octanol–water partition coefficient (Wildman–Crippen LogP) is 2.94. The molecule has 0 radical (unpaired) electrons. The van der Waals surface area contributed by atoms with Crippen molar-refractivity contribution in [3.63, 3.8) is 0 Å². The predicted molar refractivity (Wildman–Crippen MR) is 86.4 cm³/mol. The van der Waals surface area contributed by atoms with Crippen molar-refractivity contribution in [2.75, 3.05) is 32.7 Å². The van der Waals surface area contributed by atoms with Gasteiger partial charge in [-0.25, -0.2) is 0 Å². The van der Waals surface area contributed by atoms with Gasteiger partial charge < -0.3 is 4.90 Å². The number of hydrogen-bond donors (Lipinski definition) is 0. The summed E-state index contributed by atoms with van der Waals surface area (Å²) in [7, 11) is 0. The maximum absolute atomic E-state index is 12.2. The molecule has 3 atom stereocenters. The number of Topliss-reactive ketones (excluding diaryl/α,β-unsaturated/α-hetero) is 1. The molecule has 3 unspecified atom stereocenters. The molecule has 3 aliphatic rings. The van der Waals surface area contributed by atoms with E-state index in [1.54, 1.807) is 0 Å².